The molecule has 0 saturated heterocycles. The lowest BCUT2D eigenvalue weighted by Gasteiger charge is -2.44. The number of hydrogen-bond acceptors (Lipinski definition) is 4. The molecule has 0 bridgehead atoms. The summed E-state index contributed by atoms with van der Waals surface area (Å²) in [6.07, 6.45) is 2.12. The fourth-order valence-corrected chi connectivity index (χ4v) is 3.14. The Morgan fingerprint density at radius 2 is 2.04 bits per heavy atom. The number of aliphatic hydroxyl groups is 1. The van der Waals surface area contributed by atoms with Gasteiger partial charge in [0.2, 0.25) is 0 Å². The molecule has 126 valence electrons. The first-order valence-electron chi connectivity index (χ1n) is 8.03. The van der Waals surface area contributed by atoms with Crippen LogP contribution in [-0.2, 0) is 20.9 Å². The summed E-state index contributed by atoms with van der Waals surface area (Å²) in [6.45, 7) is 6.64. The van der Waals surface area contributed by atoms with E-state index in [1.165, 1.54) is 6.92 Å². The van der Waals surface area contributed by atoms with E-state index in [0.717, 1.165) is 11.1 Å². The number of esters is 1. The highest BCUT2D eigenvalue weighted by molar-refractivity contribution is 5.65. The second kappa shape index (κ2) is 7.75. The van der Waals surface area contributed by atoms with Gasteiger partial charge in [0.1, 0.15) is 0 Å². The molecule has 0 spiro atoms. The molecule has 1 aliphatic rings. The van der Waals surface area contributed by atoms with Crippen LogP contribution in [0.2, 0.25) is 0 Å². The Morgan fingerprint density at radius 1 is 1.35 bits per heavy atom. The molecule has 0 fully saturated rings. The summed E-state index contributed by atoms with van der Waals surface area (Å²) in [6, 6.07) is 9.96. The smallest absolute Gasteiger partial charge is 0.302 e. The number of rotatable bonds is 6. The zero-order valence-electron chi connectivity index (χ0n) is 14.1. The Balaban J connectivity index is 2.04. The minimum atomic E-state index is -0.512. The van der Waals surface area contributed by atoms with Crippen molar-refractivity contribution in [2.75, 3.05) is 13.2 Å². The molecule has 1 aliphatic carbocycles. The maximum Gasteiger partial charge on any atom is 0.302 e. The summed E-state index contributed by atoms with van der Waals surface area (Å²) >= 11 is 0. The summed E-state index contributed by atoms with van der Waals surface area (Å²) in [4.78, 5) is 11.1. The van der Waals surface area contributed by atoms with Crippen LogP contribution in [0.5, 0.6) is 0 Å². The monoisotopic (exact) mass is 318 g/mol. The quantitative estimate of drug-likeness (QED) is 0.647. The number of hydrogen-bond donors (Lipinski definition) is 1. The molecule has 0 saturated carbocycles. The molecule has 0 amide bonds. The topological polar surface area (TPSA) is 55.8 Å². The molecule has 4 nitrogen and oxygen atoms in total. The Hall–Kier alpha value is -1.65. The van der Waals surface area contributed by atoms with Crippen LogP contribution in [0.3, 0.4) is 0 Å². The molecule has 0 aliphatic heterocycles. The Morgan fingerprint density at radius 3 is 2.70 bits per heavy atom. The molecular formula is C19H26O4. The molecule has 3 atom stereocenters. The lowest BCUT2D eigenvalue weighted by molar-refractivity contribution is -0.146. The molecule has 2 rings (SSSR count). The van der Waals surface area contributed by atoms with E-state index in [2.05, 4.69) is 0 Å². The van der Waals surface area contributed by atoms with Crippen molar-refractivity contribution in [3.05, 3.63) is 47.5 Å². The van der Waals surface area contributed by atoms with Crippen LogP contribution in [0, 0.1) is 11.3 Å². The highest BCUT2D eigenvalue weighted by atomic mass is 16.5. The fourth-order valence-electron chi connectivity index (χ4n) is 3.14. The predicted octanol–water partition coefficient (Wildman–Crippen LogP) is 3.10. The minimum Gasteiger partial charge on any atom is -0.465 e. The van der Waals surface area contributed by atoms with Crippen molar-refractivity contribution in [2.24, 2.45) is 11.3 Å². The Kier molecular flexibility index (Phi) is 5.97. The summed E-state index contributed by atoms with van der Waals surface area (Å²) in [5.41, 5.74) is 1.77. The molecule has 4 heteroatoms. The molecule has 0 heterocycles. The van der Waals surface area contributed by atoms with Gasteiger partial charge in [0.15, 0.2) is 0 Å². The van der Waals surface area contributed by atoms with Gasteiger partial charge in [-0.25, -0.2) is 0 Å². The van der Waals surface area contributed by atoms with Crippen LogP contribution in [-0.4, -0.2) is 30.4 Å². The van der Waals surface area contributed by atoms with Crippen LogP contribution in [0.15, 0.2) is 42.0 Å². The average molecular weight is 318 g/mol. The van der Waals surface area contributed by atoms with Crippen molar-refractivity contribution in [3.63, 3.8) is 0 Å². The second-order valence-corrected chi connectivity index (χ2v) is 6.54. The molecule has 1 aromatic rings. The van der Waals surface area contributed by atoms with Gasteiger partial charge in [-0.3, -0.25) is 4.79 Å². The number of carbonyl (C=O) groups excluding carboxylic acids is 1. The largest absolute Gasteiger partial charge is 0.465 e. The van der Waals surface area contributed by atoms with Gasteiger partial charge >= 0.3 is 5.97 Å². The highest BCUT2D eigenvalue weighted by Gasteiger charge is 2.44. The van der Waals surface area contributed by atoms with Crippen molar-refractivity contribution in [3.8, 4) is 0 Å². The zero-order valence-corrected chi connectivity index (χ0v) is 14.1. The van der Waals surface area contributed by atoms with E-state index in [0.29, 0.717) is 19.6 Å². The van der Waals surface area contributed by atoms with Crippen LogP contribution < -0.4 is 0 Å². The fraction of sp³-hybridized carbons (Fsp3) is 0.526. The van der Waals surface area contributed by atoms with Gasteiger partial charge in [0.25, 0.3) is 0 Å². The van der Waals surface area contributed by atoms with Crippen LogP contribution in [0.4, 0.5) is 0 Å². The number of benzene rings is 1. The van der Waals surface area contributed by atoms with Crippen LogP contribution >= 0.6 is 0 Å². The third-order valence-electron chi connectivity index (χ3n) is 4.75. The van der Waals surface area contributed by atoms with Crippen molar-refractivity contribution in [1.82, 2.24) is 0 Å². The van der Waals surface area contributed by atoms with Gasteiger partial charge in [-0.15, -0.1) is 0 Å². The van der Waals surface area contributed by atoms with Crippen molar-refractivity contribution in [2.45, 2.75) is 39.9 Å². The van der Waals surface area contributed by atoms with Gasteiger partial charge in [-0.2, -0.15) is 0 Å². The highest BCUT2D eigenvalue weighted by Crippen LogP contribution is 2.42. The lowest BCUT2D eigenvalue weighted by atomic mass is 9.66. The standard InChI is InChI=1S/C19H26O4/c1-14-9-10-18(21)19(3,17(14)12-23-15(2)20)13-22-11-16-7-5-4-6-8-16/h4-9,17-18,21H,10-13H2,1-3H3/t17?,18-,19-/m0/s1. The molecule has 0 aromatic heterocycles. The second-order valence-electron chi connectivity index (χ2n) is 6.54. The molecular weight excluding hydrogens is 292 g/mol. The van der Waals surface area contributed by atoms with E-state index in [-0.39, 0.29) is 18.5 Å². The van der Waals surface area contributed by atoms with Gasteiger partial charge in [-0.1, -0.05) is 48.9 Å². The minimum absolute atomic E-state index is 0.0362. The molecule has 0 radical (unpaired) electrons. The lowest BCUT2D eigenvalue weighted by Crippen LogP contribution is -2.47. The Bertz CT molecular complexity index is 552. The molecule has 1 aromatic carbocycles. The average Bonchev–Trinajstić information content (AvgIpc) is 2.52. The molecule has 1 unspecified atom stereocenters. The number of carbonyl (C=O) groups is 1. The maximum absolute atomic E-state index is 11.1. The third-order valence-corrected chi connectivity index (χ3v) is 4.75. The molecule has 1 N–H and O–H groups in total. The van der Waals surface area contributed by atoms with E-state index >= 15 is 0 Å². The SMILES string of the molecule is CC(=O)OCC1C(C)=CC[C@H](O)[C@@]1(C)COCc1ccccc1. The van der Waals surface area contributed by atoms with Crippen molar-refractivity contribution in [1.29, 1.82) is 0 Å². The number of aliphatic hydroxyl groups excluding tert-OH is 1. The normalized spacial score (nSPS) is 27.4. The van der Waals surface area contributed by atoms with Gasteiger partial charge < -0.3 is 14.6 Å². The predicted molar refractivity (Wildman–Crippen MR) is 88.7 cm³/mol. The maximum atomic E-state index is 11.1. The van der Waals surface area contributed by atoms with Gasteiger partial charge in [0.05, 0.1) is 25.9 Å². The van der Waals surface area contributed by atoms with E-state index < -0.39 is 11.5 Å². The van der Waals surface area contributed by atoms with Crippen LogP contribution in [0.1, 0.15) is 32.8 Å². The summed E-state index contributed by atoms with van der Waals surface area (Å²) in [7, 11) is 0. The van der Waals surface area contributed by atoms with E-state index in [4.69, 9.17) is 9.47 Å². The van der Waals surface area contributed by atoms with E-state index in [1.807, 2.05) is 50.3 Å². The molecule has 23 heavy (non-hydrogen) atoms. The van der Waals surface area contributed by atoms with E-state index in [1.54, 1.807) is 0 Å². The zero-order chi connectivity index (χ0) is 16.9. The Labute approximate surface area is 138 Å². The first-order valence-corrected chi connectivity index (χ1v) is 8.03. The first-order chi connectivity index (χ1) is 10.9. The van der Waals surface area contributed by atoms with Crippen molar-refractivity contribution < 1.29 is 19.4 Å². The number of ether oxygens (including phenoxy) is 2. The van der Waals surface area contributed by atoms with Gasteiger partial charge in [0, 0.05) is 18.3 Å². The summed E-state index contributed by atoms with van der Waals surface area (Å²) < 4.78 is 11.1. The third kappa shape index (κ3) is 4.43. The van der Waals surface area contributed by atoms with Crippen molar-refractivity contribution >= 4 is 5.97 Å². The summed E-state index contributed by atoms with van der Waals surface area (Å²) in [5, 5.41) is 10.5. The van der Waals surface area contributed by atoms with Crippen LogP contribution in [0.25, 0.3) is 0 Å². The summed E-state index contributed by atoms with van der Waals surface area (Å²) in [5.74, 6) is -0.337. The van der Waals surface area contributed by atoms with E-state index in [9.17, 15) is 9.90 Å². The van der Waals surface area contributed by atoms with Gasteiger partial charge in [-0.05, 0) is 18.9 Å². The first kappa shape index (κ1) is 17.7.